The fourth-order valence-corrected chi connectivity index (χ4v) is 4.51. The van der Waals surface area contributed by atoms with Crippen molar-refractivity contribution in [1.82, 2.24) is 20.1 Å². The number of rotatable bonds is 8. The molecule has 1 atom stereocenters. The largest absolute Gasteiger partial charge is 0.394 e. The second kappa shape index (κ2) is 10.1. The molecule has 4 rings (SSSR count). The van der Waals surface area contributed by atoms with E-state index in [1.54, 1.807) is 0 Å². The third-order valence-corrected chi connectivity index (χ3v) is 6.29. The van der Waals surface area contributed by atoms with Gasteiger partial charge >= 0.3 is 0 Å². The van der Waals surface area contributed by atoms with Crippen LogP contribution in [0.1, 0.15) is 30.0 Å². The number of nitrogens with two attached hydrogens (primary N) is 1. The molecule has 1 saturated heterocycles. The zero-order valence-corrected chi connectivity index (χ0v) is 18.2. The number of hydrogen-bond acceptors (Lipinski definition) is 6. The van der Waals surface area contributed by atoms with Crippen molar-refractivity contribution in [2.45, 2.75) is 31.3 Å². The van der Waals surface area contributed by atoms with E-state index < -0.39 is 0 Å². The van der Waals surface area contributed by atoms with Crippen LogP contribution in [-0.4, -0.2) is 57.5 Å². The number of H-pyrrole nitrogens is 1. The molecule has 1 aliphatic rings. The molecular weight excluding hydrogens is 412 g/mol. The standard InChI is InChI=1S/C23H29ClN6O/c24-19-8-6-17(7-9-19)10-15-30(21(16-31)18-4-2-1-3-5-18)20-11-13-29(14-12-20)23-26-22(25)27-28-23/h1-9,20-21,31H,10-16H2,(H3,25,26,27,28). The summed E-state index contributed by atoms with van der Waals surface area (Å²) in [6.45, 7) is 2.65. The first-order chi connectivity index (χ1) is 15.1. The van der Waals surface area contributed by atoms with Gasteiger partial charge in [0.05, 0.1) is 12.6 Å². The van der Waals surface area contributed by atoms with Gasteiger partial charge in [0, 0.05) is 30.7 Å². The van der Waals surface area contributed by atoms with E-state index in [2.05, 4.69) is 49.2 Å². The molecule has 8 heteroatoms. The molecule has 4 N–H and O–H groups in total. The molecule has 164 valence electrons. The summed E-state index contributed by atoms with van der Waals surface area (Å²) in [5, 5.41) is 18.0. The second-order valence-electron chi connectivity index (χ2n) is 7.96. The van der Waals surface area contributed by atoms with Gasteiger partial charge in [0.25, 0.3) is 0 Å². The van der Waals surface area contributed by atoms with Gasteiger partial charge in [0.15, 0.2) is 0 Å². The highest BCUT2D eigenvalue weighted by molar-refractivity contribution is 6.30. The summed E-state index contributed by atoms with van der Waals surface area (Å²) in [6, 6.07) is 18.6. The molecule has 2 aromatic carbocycles. The van der Waals surface area contributed by atoms with E-state index in [1.807, 2.05) is 30.3 Å². The van der Waals surface area contributed by atoms with Gasteiger partial charge in [0.2, 0.25) is 11.9 Å². The van der Waals surface area contributed by atoms with Crippen molar-refractivity contribution in [1.29, 1.82) is 0 Å². The van der Waals surface area contributed by atoms with Gasteiger partial charge in [-0.15, -0.1) is 5.10 Å². The van der Waals surface area contributed by atoms with Gasteiger partial charge in [-0.05, 0) is 42.5 Å². The lowest BCUT2D eigenvalue weighted by Crippen LogP contribution is -2.48. The van der Waals surface area contributed by atoms with Crippen LogP contribution >= 0.6 is 11.6 Å². The zero-order chi connectivity index (χ0) is 21.6. The predicted octanol–water partition coefficient (Wildman–Crippen LogP) is 3.29. The first-order valence-electron chi connectivity index (χ1n) is 10.7. The normalized spacial score (nSPS) is 16.0. The Morgan fingerprint density at radius 1 is 1.13 bits per heavy atom. The average molecular weight is 441 g/mol. The van der Waals surface area contributed by atoms with E-state index in [4.69, 9.17) is 17.3 Å². The first kappa shape index (κ1) is 21.6. The summed E-state index contributed by atoms with van der Waals surface area (Å²) < 4.78 is 0. The van der Waals surface area contributed by atoms with Crippen LogP contribution in [0, 0.1) is 0 Å². The Balaban J connectivity index is 1.49. The molecule has 0 saturated carbocycles. The number of halogens is 1. The molecule has 3 aromatic rings. The smallest absolute Gasteiger partial charge is 0.246 e. The van der Waals surface area contributed by atoms with E-state index in [1.165, 1.54) is 5.56 Å². The number of aliphatic hydroxyl groups excluding tert-OH is 1. The highest BCUT2D eigenvalue weighted by atomic mass is 35.5. The summed E-state index contributed by atoms with van der Waals surface area (Å²) in [6.07, 6.45) is 2.84. The molecule has 1 unspecified atom stereocenters. The maximum atomic E-state index is 10.3. The highest BCUT2D eigenvalue weighted by Gasteiger charge is 2.31. The van der Waals surface area contributed by atoms with Crippen molar-refractivity contribution in [2.24, 2.45) is 0 Å². The number of aromatic nitrogens is 3. The fourth-order valence-electron chi connectivity index (χ4n) is 4.38. The maximum absolute atomic E-state index is 10.3. The number of benzene rings is 2. The Morgan fingerprint density at radius 3 is 2.45 bits per heavy atom. The number of nitrogens with one attached hydrogen (secondary N) is 1. The molecule has 0 bridgehead atoms. The Labute approximate surface area is 187 Å². The van der Waals surface area contributed by atoms with Crippen molar-refractivity contribution < 1.29 is 5.11 Å². The quantitative estimate of drug-likeness (QED) is 0.497. The number of anilines is 2. The molecule has 0 radical (unpaired) electrons. The lowest BCUT2D eigenvalue weighted by Gasteiger charge is -2.42. The minimum Gasteiger partial charge on any atom is -0.394 e. The Bertz CT molecular complexity index is 940. The van der Waals surface area contributed by atoms with E-state index in [0.717, 1.165) is 49.5 Å². The molecule has 0 spiro atoms. The van der Waals surface area contributed by atoms with Gasteiger partial charge in [-0.2, -0.15) is 4.98 Å². The van der Waals surface area contributed by atoms with Gasteiger partial charge in [-0.25, -0.2) is 5.10 Å². The van der Waals surface area contributed by atoms with Gasteiger partial charge < -0.3 is 15.7 Å². The molecule has 2 heterocycles. The van der Waals surface area contributed by atoms with Crippen molar-refractivity contribution >= 4 is 23.5 Å². The molecule has 7 nitrogen and oxygen atoms in total. The Kier molecular flexibility index (Phi) is 7.06. The van der Waals surface area contributed by atoms with Crippen LogP contribution in [0.15, 0.2) is 54.6 Å². The van der Waals surface area contributed by atoms with Crippen LogP contribution in [0.4, 0.5) is 11.9 Å². The van der Waals surface area contributed by atoms with Crippen molar-refractivity contribution in [2.75, 3.05) is 36.9 Å². The predicted molar refractivity (Wildman–Crippen MR) is 124 cm³/mol. The third-order valence-electron chi connectivity index (χ3n) is 6.04. The molecule has 1 aliphatic heterocycles. The molecule has 1 aromatic heterocycles. The summed E-state index contributed by atoms with van der Waals surface area (Å²) >= 11 is 6.05. The summed E-state index contributed by atoms with van der Waals surface area (Å²) in [4.78, 5) is 8.89. The highest BCUT2D eigenvalue weighted by Crippen LogP contribution is 2.29. The topological polar surface area (TPSA) is 94.3 Å². The first-order valence-corrected chi connectivity index (χ1v) is 11.1. The third kappa shape index (κ3) is 5.36. The number of aliphatic hydroxyl groups is 1. The van der Waals surface area contributed by atoms with Crippen molar-refractivity contribution in [3.63, 3.8) is 0 Å². The lowest BCUT2D eigenvalue weighted by molar-refractivity contribution is 0.0708. The van der Waals surface area contributed by atoms with Crippen LogP contribution in [-0.2, 0) is 6.42 Å². The van der Waals surface area contributed by atoms with E-state index in [9.17, 15) is 5.11 Å². The van der Waals surface area contributed by atoms with Crippen LogP contribution in [0.25, 0.3) is 0 Å². The van der Waals surface area contributed by atoms with Crippen molar-refractivity contribution in [3.8, 4) is 0 Å². The summed E-state index contributed by atoms with van der Waals surface area (Å²) in [5.41, 5.74) is 8.07. The second-order valence-corrected chi connectivity index (χ2v) is 8.40. The molecule has 0 amide bonds. The number of piperidine rings is 1. The van der Waals surface area contributed by atoms with E-state index in [-0.39, 0.29) is 12.6 Å². The van der Waals surface area contributed by atoms with Crippen LogP contribution in [0.2, 0.25) is 5.02 Å². The van der Waals surface area contributed by atoms with Crippen LogP contribution in [0.3, 0.4) is 0 Å². The maximum Gasteiger partial charge on any atom is 0.246 e. The lowest BCUT2D eigenvalue weighted by atomic mass is 9.97. The molecule has 31 heavy (non-hydrogen) atoms. The minimum atomic E-state index is -0.0378. The minimum absolute atomic E-state index is 0.0378. The monoisotopic (exact) mass is 440 g/mol. The number of nitrogen functional groups attached to an aromatic ring is 1. The summed E-state index contributed by atoms with van der Waals surface area (Å²) in [5.74, 6) is 0.997. The molecule has 1 fully saturated rings. The number of aromatic amines is 1. The Morgan fingerprint density at radius 2 is 1.84 bits per heavy atom. The summed E-state index contributed by atoms with van der Waals surface area (Å²) in [7, 11) is 0. The van der Waals surface area contributed by atoms with Gasteiger partial charge in [-0.1, -0.05) is 54.1 Å². The zero-order valence-electron chi connectivity index (χ0n) is 17.5. The average Bonchev–Trinajstić information content (AvgIpc) is 3.25. The fraction of sp³-hybridized carbons (Fsp3) is 0.391. The van der Waals surface area contributed by atoms with Crippen molar-refractivity contribution in [3.05, 3.63) is 70.7 Å². The molecule has 0 aliphatic carbocycles. The number of hydrogen-bond donors (Lipinski definition) is 3. The van der Waals surface area contributed by atoms with Crippen LogP contribution < -0.4 is 10.6 Å². The van der Waals surface area contributed by atoms with E-state index >= 15 is 0 Å². The molecular formula is C23H29ClN6O. The SMILES string of the molecule is Nc1nc(N2CCC(N(CCc3ccc(Cl)cc3)C(CO)c3ccccc3)CC2)n[nH]1. The van der Waals surface area contributed by atoms with Gasteiger partial charge in [-0.3, -0.25) is 4.90 Å². The Hall–Kier alpha value is -2.61. The number of nitrogens with zero attached hydrogens (tertiary/aromatic N) is 4. The van der Waals surface area contributed by atoms with Crippen LogP contribution in [0.5, 0.6) is 0 Å². The van der Waals surface area contributed by atoms with Gasteiger partial charge in [0.1, 0.15) is 0 Å². The van der Waals surface area contributed by atoms with E-state index in [0.29, 0.717) is 17.9 Å².